The van der Waals surface area contributed by atoms with Gasteiger partial charge < -0.3 is 48.6 Å². The third kappa shape index (κ3) is 18.7. The quantitative estimate of drug-likeness (QED) is 0.0447. The molecule has 496 valence electrons. The summed E-state index contributed by atoms with van der Waals surface area (Å²) in [5, 5.41) is 20.7. The van der Waals surface area contributed by atoms with E-state index in [9.17, 15) is 19.2 Å². The van der Waals surface area contributed by atoms with Crippen molar-refractivity contribution >= 4 is 81.6 Å². The van der Waals surface area contributed by atoms with Crippen molar-refractivity contribution in [2.45, 2.75) is 149 Å². The average molecular weight is 1370 g/mol. The summed E-state index contributed by atoms with van der Waals surface area (Å²) in [5.41, 5.74) is 30.5. The largest absolute Gasteiger partial charge is 0.459 e. The van der Waals surface area contributed by atoms with E-state index >= 15 is 0 Å². The Morgan fingerprint density at radius 1 is 0.447 bits per heavy atom. The van der Waals surface area contributed by atoms with E-state index in [4.69, 9.17) is 73.8 Å². The van der Waals surface area contributed by atoms with Crippen LogP contribution in [-0.4, -0.2) is 93.5 Å². The van der Waals surface area contributed by atoms with Crippen LogP contribution in [0.2, 0.25) is 20.1 Å². The molecule has 4 saturated carbocycles. The lowest BCUT2D eigenvalue weighted by molar-refractivity contribution is 0.0886. The number of halogens is 4. The number of rotatable bonds is 16. The molecule has 0 spiro atoms. The SMILES string of the molecule is NCC1(c2cccc(Cl)c2)CCC(NC(=O)c2ccccc2)CC1.NCC1(c2cccc(Cl)c2)CCC(NC(=O)c2ccco2)CC1.NCC1(c2cccc(Cl)c2)CCC(NC(=O)c2cnccn2)CC1.NCC1(c2cccc(Cl)c2)CCC(NC(=O)c2csnn2)CC1. The van der Waals surface area contributed by atoms with Gasteiger partial charge in [0.05, 0.1) is 12.5 Å². The molecule has 0 saturated heterocycles. The molecule has 0 atom stereocenters. The normalized spacial score (nSPS) is 24.0. The van der Waals surface area contributed by atoms with Gasteiger partial charge in [0.25, 0.3) is 23.6 Å². The van der Waals surface area contributed by atoms with Gasteiger partial charge in [-0.2, -0.15) is 0 Å². The molecule has 8 aromatic rings. The van der Waals surface area contributed by atoms with E-state index in [1.165, 1.54) is 52.4 Å². The van der Waals surface area contributed by atoms with Crippen LogP contribution in [0.3, 0.4) is 0 Å². The summed E-state index contributed by atoms with van der Waals surface area (Å²) in [7, 11) is 0. The van der Waals surface area contributed by atoms with Crippen molar-refractivity contribution in [1.82, 2.24) is 40.8 Å². The van der Waals surface area contributed by atoms with Crippen molar-refractivity contribution in [3.05, 3.63) is 235 Å². The first-order valence-electron chi connectivity index (χ1n) is 32.2. The Balaban J connectivity index is 0.000000148. The highest BCUT2D eigenvalue weighted by Crippen LogP contribution is 2.43. The summed E-state index contributed by atoms with van der Waals surface area (Å²) in [4.78, 5) is 56.6. The Kier molecular flexibility index (Phi) is 25.8. The number of nitrogens with two attached hydrogens (primary N) is 4. The molecule has 94 heavy (non-hydrogen) atoms. The van der Waals surface area contributed by atoms with Gasteiger partial charge in [0, 0.05) is 115 Å². The molecule has 0 unspecified atom stereocenters. The lowest BCUT2D eigenvalue weighted by atomic mass is 9.68. The van der Waals surface area contributed by atoms with Crippen LogP contribution in [0.15, 0.2) is 174 Å². The number of carbonyl (C=O) groups excluding carboxylic acids is 4. The van der Waals surface area contributed by atoms with Crippen molar-refractivity contribution < 1.29 is 23.6 Å². The van der Waals surface area contributed by atoms with Crippen molar-refractivity contribution in [3.8, 4) is 0 Å². The third-order valence-corrected chi connectivity index (χ3v) is 21.0. The van der Waals surface area contributed by atoms with Crippen LogP contribution in [0, 0.1) is 0 Å². The molecular formula is C72H84Cl4N12O5S. The monoisotopic (exact) mass is 1370 g/mol. The summed E-state index contributed by atoms with van der Waals surface area (Å²) in [6.07, 6.45) is 20.8. The molecule has 4 fully saturated rings. The second kappa shape index (κ2) is 34.0. The van der Waals surface area contributed by atoms with E-state index in [1.807, 2.05) is 103 Å². The van der Waals surface area contributed by atoms with E-state index in [0.717, 1.165) is 123 Å². The van der Waals surface area contributed by atoms with Crippen LogP contribution in [-0.2, 0) is 21.7 Å². The summed E-state index contributed by atoms with van der Waals surface area (Å²) in [5.74, 6) is -0.107. The molecule has 0 radical (unpaired) electrons. The van der Waals surface area contributed by atoms with Gasteiger partial charge in [-0.1, -0.05) is 118 Å². The molecule has 12 rings (SSSR count). The second-order valence-corrected chi connectivity index (χ2v) is 27.5. The van der Waals surface area contributed by atoms with Crippen LogP contribution < -0.4 is 44.2 Å². The summed E-state index contributed by atoms with van der Waals surface area (Å²) < 4.78 is 8.86. The minimum absolute atomic E-state index is 0.00334. The maximum atomic E-state index is 12.3. The van der Waals surface area contributed by atoms with Crippen LogP contribution in [0.1, 0.15) is 167 Å². The second-order valence-electron chi connectivity index (χ2n) is 25.2. The number of amides is 4. The Hall–Kier alpha value is -7.10. The van der Waals surface area contributed by atoms with Gasteiger partial charge in [0.2, 0.25) is 0 Å². The van der Waals surface area contributed by atoms with E-state index in [1.54, 1.807) is 23.7 Å². The van der Waals surface area contributed by atoms with Gasteiger partial charge in [-0.25, -0.2) is 4.98 Å². The Bertz CT molecular complexity index is 3450. The minimum atomic E-state index is -0.170. The van der Waals surface area contributed by atoms with Gasteiger partial charge in [0.15, 0.2) is 11.5 Å². The maximum absolute atomic E-state index is 12.3. The van der Waals surface area contributed by atoms with Crippen molar-refractivity contribution in [1.29, 1.82) is 0 Å². The third-order valence-electron chi connectivity index (χ3n) is 19.6. The lowest BCUT2D eigenvalue weighted by Crippen LogP contribution is -2.45. The number of benzene rings is 5. The van der Waals surface area contributed by atoms with E-state index in [0.29, 0.717) is 48.9 Å². The fourth-order valence-electron chi connectivity index (χ4n) is 13.7. The van der Waals surface area contributed by atoms with Crippen molar-refractivity contribution in [2.75, 3.05) is 26.2 Å². The fraction of sp³-hybridized carbons (Fsp3) is 0.389. The molecule has 0 bridgehead atoms. The van der Waals surface area contributed by atoms with Crippen LogP contribution in [0.4, 0.5) is 0 Å². The molecule has 0 aliphatic heterocycles. The van der Waals surface area contributed by atoms with Gasteiger partial charge in [-0.3, -0.25) is 24.2 Å². The Labute approximate surface area is 574 Å². The summed E-state index contributed by atoms with van der Waals surface area (Å²) >= 11 is 25.7. The van der Waals surface area contributed by atoms with E-state index < -0.39 is 0 Å². The molecule has 3 heterocycles. The Morgan fingerprint density at radius 2 is 0.819 bits per heavy atom. The fourth-order valence-corrected chi connectivity index (χ4v) is 14.9. The number of aromatic nitrogens is 4. The predicted octanol–water partition coefficient (Wildman–Crippen LogP) is 12.9. The topological polar surface area (TPSA) is 285 Å². The average Bonchev–Trinajstić information content (AvgIpc) is 1.18. The molecule has 4 aliphatic carbocycles. The molecule has 5 aromatic carbocycles. The highest BCUT2D eigenvalue weighted by atomic mass is 35.5. The molecule has 3 aromatic heterocycles. The van der Waals surface area contributed by atoms with Gasteiger partial charge in [-0.05, 0) is 209 Å². The standard InChI is InChI=1S/C20H23ClN2O.C18H21ClN4O.C18H21ClN2O2.C16H19ClN4OS/c21-17-8-4-7-16(13-17)20(14-22)11-9-18(10-12-20)23-19(24)15-5-2-1-3-6-15;19-14-3-1-2-13(10-14)18(12-20)6-4-15(5-7-18)23-17(24)16-11-21-8-9-22-16;19-14-4-1-3-13(11-14)18(12-20)8-6-15(7-9-18)21-17(22)16-5-2-10-23-16;17-12-3-1-2-11(8-12)16(10-18)6-4-13(5-7-16)19-15(22)14-9-23-21-20-14/h1-8,13,18H,9-12,14,22H2,(H,23,24);1-3,8-11,15H,4-7,12,20H2,(H,23,24);1-5,10-11,15H,6-9,12,20H2,(H,21,22);1-3,8-9,13H,4-7,10,18H2,(H,19,22). The van der Waals surface area contributed by atoms with Crippen LogP contribution in [0.25, 0.3) is 0 Å². The highest BCUT2D eigenvalue weighted by Gasteiger charge is 2.40. The summed E-state index contributed by atoms with van der Waals surface area (Å²) in [6, 6.07) is 45.3. The molecule has 4 amide bonds. The predicted molar refractivity (Wildman–Crippen MR) is 375 cm³/mol. The zero-order valence-corrected chi connectivity index (χ0v) is 56.5. The lowest BCUT2D eigenvalue weighted by Gasteiger charge is -2.40. The van der Waals surface area contributed by atoms with Crippen LogP contribution >= 0.6 is 57.9 Å². The highest BCUT2D eigenvalue weighted by molar-refractivity contribution is 7.03. The minimum Gasteiger partial charge on any atom is -0.459 e. The smallest absolute Gasteiger partial charge is 0.287 e. The number of nitrogens with one attached hydrogen (secondary N) is 4. The number of carbonyl (C=O) groups is 4. The number of hydrogen-bond donors (Lipinski definition) is 8. The maximum Gasteiger partial charge on any atom is 0.287 e. The number of hydrogen-bond acceptors (Lipinski definition) is 14. The molecule has 22 heteroatoms. The zero-order chi connectivity index (χ0) is 66.6. The zero-order valence-electron chi connectivity index (χ0n) is 52.7. The van der Waals surface area contributed by atoms with Gasteiger partial charge in [-0.15, -0.1) is 5.10 Å². The van der Waals surface area contributed by atoms with Crippen molar-refractivity contribution in [2.24, 2.45) is 22.9 Å². The van der Waals surface area contributed by atoms with Gasteiger partial charge in [0.1, 0.15) is 5.69 Å². The van der Waals surface area contributed by atoms with Crippen LogP contribution in [0.5, 0.6) is 0 Å². The molecular weight excluding hydrogens is 1290 g/mol. The Morgan fingerprint density at radius 3 is 1.14 bits per heavy atom. The number of furan rings is 1. The van der Waals surface area contributed by atoms with E-state index in [2.05, 4.69) is 65.1 Å². The molecule has 12 N–H and O–H groups in total. The first-order chi connectivity index (χ1) is 45.5. The van der Waals surface area contributed by atoms with E-state index in [-0.39, 0.29) is 69.5 Å². The first-order valence-corrected chi connectivity index (χ1v) is 34.6. The van der Waals surface area contributed by atoms with Gasteiger partial charge >= 0.3 is 0 Å². The molecule has 17 nitrogen and oxygen atoms in total. The molecule has 4 aliphatic rings. The first kappa shape index (κ1) is 71.2. The van der Waals surface area contributed by atoms with Crippen molar-refractivity contribution in [3.63, 3.8) is 0 Å². The summed E-state index contributed by atoms with van der Waals surface area (Å²) in [6.45, 7) is 2.36. The number of nitrogens with zero attached hydrogens (tertiary/aromatic N) is 4.